The van der Waals surface area contributed by atoms with E-state index in [0.29, 0.717) is 24.4 Å². The standard InChI is InChI=1S/C16H21N3O2/c17-14(11-6-7-11)10-18-16(21)12-3-1-4-13(9-12)19-8-2-5-15(19)20/h1,3-4,9,11,14H,2,5-8,10,17H2,(H,18,21). The van der Waals surface area contributed by atoms with Gasteiger partial charge in [0.05, 0.1) is 0 Å². The average molecular weight is 287 g/mol. The lowest BCUT2D eigenvalue weighted by Crippen LogP contribution is -2.38. The third kappa shape index (κ3) is 3.24. The van der Waals surface area contributed by atoms with Crippen molar-refractivity contribution in [1.29, 1.82) is 0 Å². The summed E-state index contributed by atoms with van der Waals surface area (Å²) in [5.41, 5.74) is 7.37. The topological polar surface area (TPSA) is 75.4 Å². The van der Waals surface area contributed by atoms with E-state index in [2.05, 4.69) is 5.32 Å². The maximum absolute atomic E-state index is 12.2. The summed E-state index contributed by atoms with van der Waals surface area (Å²) in [5, 5.41) is 2.88. The van der Waals surface area contributed by atoms with Gasteiger partial charge in [-0.25, -0.2) is 0 Å². The summed E-state index contributed by atoms with van der Waals surface area (Å²) in [6, 6.07) is 7.29. The Bertz CT molecular complexity index is 554. The molecule has 0 spiro atoms. The predicted molar refractivity (Wildman–Crippen MR) is 81.1 cm³/mol. The molecular formula is C16H21N3O2. The van der Waals surface area contributed by atoms with Crippen LogP contribution in [0.3, 0.4) is 0 Å². The van der Waals surface area contributed by atoms with Crippen molar-refractivity contribution in [2.75, 3.05) is 18.0 Å². The van der Waals surface area contributed by atoms with Gasteiger partial charge in [0, 0.05) is 36.8 Å². The number of amides is 2. The zero-order valence-electron chi connectivity index (χ0n) is 12.0. The van der Waals surface area contributed by atoms with E-state index < -0.39 is 0 Å². The molecule has 2 amide bonds. The first-order valence-electron chi connectivity index (χ1n) is 7.59. The zero-order chi connectivity index (χ0) is 14.8. The van der Waals surface area contributed by atoms with Crippen molar-refractivity contribution in [2.24, 2.45) is 11.7 Å². The highest BCUT2D eigenvalue weighted by Gasteiger charge is 2.28. The molecule has 5 nitrogen and oxygen atoms in total. The van der Waals surface area contributed by atoms with Crippen molar-refractivity contribution in [2.45, 2.75) is 31.7 Å². The Morgan fingerprint density at radius 1 is 1.43 bits per heavy atom. The van der Waals surface area contributed by atoms with Gasteiger partial charge in [-0.3, -0.25) is 9.59 Å². The summed E-state index contributed by atoms with van der Waals surface area (Å²) in [4.78, 5) is 25.7. The van der Waals surface area contributed by atoms with Gasteiger partial charge >= 0.3 is 0 Å². The Kier molecular flexibility index (Phi) is 3.92. The van der Waals surface area contributed by atoms with E-state index in [-0.39, 0.29) is 17.9 Å². The molecule has 1 saturated carbocycles. The number of rotatable bonds is 5. The molecule has 2 fully saturated rings. The number of carbonyl (C=O) groups excluding carboxylic acids is 2. The summed E-state index contributed by atoms with van der Waals surface area (Å²) in [5.74, 6) is 0.571. The van der Waals surface area contributed by atoms with Crippen LogP contribution in [-0.4, -0.2) is 30.9 Å². The number of benzene rings is 1. The predicted octanol–water partition coefficient (Wildman–Crippen LogP) is 1.28. The van der Waals surface area contributed by atoms with E-state index in [1.54, 1.807) is 17.0 Å². The van der Waals surface area contributed by atoms with Gasteiger partial charge in [0.2, 0.25) is 5.91 Å². The number of nitrogens with zero attached hydrogens (tertiary/aromatic N) is 1. The highest BCUT2D eigenvalue weighted by Crippen LogP contribution is 2.31. The molecule has 1 aromatic carbocycles. The van der Waals surface area contributed by atoms with Crippen LogP contribution in [0.2, 0.25) is 0 Å². The van der Waals surface area contributed by atoms with Crippen LogP contribution in [0.5, 0.6) is 0 Å². The minimum atomic E-state index is -0.125. The molecule has 2 aliphatic rings. The fourth-order valence-corrected chi connectivity index (χ4v) is 2.74. The van der Waals surface area contributed by atoms with Crippen LogP contribution in [0.25, 0.3) is 0 Å². The highest BCUT2D eigenvalue weighted by atomic mass is 16.2. The maximum Gasteiger partial charge on any atom is 0.251 e. The van der Waals surface area contributed by atoms with Crippen molar-refractivity contribution >= 4 is 17.5 Å². The second-order valence-electron chi connectivity index (χ2n) is 5.91. The molecule has 5 heteroatoms. The van der Waals surface area contributed by atoms with Crippen LogP contribution in [0.1, 0.15) is 36.0 Å². The fraction of sp³-hybridized carbons (Fsp3) is 0.500. The van der Waals surface area contributed by atoms with Gasteiger partial charge in [-0.05, 0) is 43.4 Å². The molecule has 1 atom stereocenters. The van der Waals surface area contributed by atoms with Crippen molar-refractivity contribution in [3.8, 4) is 0 Å². The van der Waals surface area contributed by atoms with Crippen LogP contribution >= 0.6 is 0 Å². The molecule has 1 aromatic rings. The van der Waals surface area contributed by atoms with Crippen molar-refractivity contribution in [1.82, 2.24) is 5.32 Å². The summed E-state index contributed by atoms with van der Waals surface area (Å²) < 4.78 is 0. The number of nitrogens with one attached hydrogen (secondary N) is 1. The van der Waals surface area contributed by atoms with Gasteiger partial charge < -0.3 is 16.0 Å². The van der Waals surface area contributed by atoms with Crippen molar-refractivity contribution in [3.05, 3.63) is 29.8 Å². The van der Waals surface area contributed by atoms with Crippen LogP contribution in [-0.2, 0) is 4.79 Å². The van der Waals surface area contributed by atoms with E-state index in [4.69, 9.17) is 5.73 Å². The molecule has 0 bridgehead atoms. The molecule has 3 N–H and O–H groups in total. The minimum Gasteiger partial charge on any atom is -0.350 e. The lowest BCUT2D eigenvalue weighted by Gasteiger charge is -2.17. The van der Waals surface area contributed by atoms with E-state index in [9.17, 15) is 9.59 Å². The van der Waals surface area contributed by atoms with E-state index in [1.165, 1.54) is 12.8 Å². The smallest absolute Gasteiger partial charge is 0.251 e. The summed E-state index contributed by atoms with van der Waals surface area (Å²) in [6.45, 7) is 1.24. The largest absolute Gasteiger partial charge is 0.350 e. The summed E-state index contributed by atoms with van der Waals surface area (Å²) in [7, 11) is 0. The lowest BCUT2D eigenvalue weighted by molar-refractivity contribution is -0.117. The molecule has 1 heterocycles. The molecule has 1 unspecified atom stereocenters. The number of nitrogens with two attached hydrogens (primary N) is 1. The number of hydrogen-bond donors (Lipinski definition) is 2. The molecule has 1 aliphatic heterocycles. The third-order valence-corrected chi connectivity index (χ3v) is 4.22. The first-order chi connectivity index (χ1) is 10.1. The first-order valence-corrected chi connectivity index (χ1v) is 7.59. The quantitative estimate of drug-likeness (QED) is 0.856. The lowest BCUT2D eigenvalue weighted by atomic mass is 10.1. The van der Waals surface area contributed by atoms with Crippen LogP contribution < -0.4 is 16.0 Å². The Hall–Kier alpha value is -1.88. The average Bonchev–Trinajstić information content (AvgIpc) is 3.26. The first kappa shape index (κ1) is 14.1. The zero-order valence-corrected chi connectivity index (χ0v) is 12.0. The van der Waals surface area contributed by atoms with E-state index in [0.717, 1.165) is 18.7 Å². The summed E-state index contributed by atoms with van der Waals surface area (Å²) in [6.07, 6.45) is 3.81. The van der Waals surface area contributed by atoms with Gasteiger partial charge in [0.15, 0.2) is 0 Å². The van der Waals surface area contributed by atoms with E-state index in [1.807, 2.05) is 12.1 Å². The Morgan fingerprint density at radius 2 is 2.24 bits per heavy atom. The fourth-order valence-electron chi connectivity index (χ4n) is 2.74. The molecular weight excluding hydrogens is 266 g/mol. The number of hydrogen-bond acceptors (Lipinski definition) is 3. The Balaban J connectivity index is 1.64. The molecule has 1 saturated heterocycles. The Labute approximate surface area is 124 Å². The van der Waals surface area contributed by atoms with Crippen LogP contribution in [0, 0.1) is 5.92 Å². The minimum absolute atomic E-state index is 0.0530. The highest BCUT2D eigenvalue weighted by molar-refractivity contribution is 5.99. The normalized spacial score (nSPS) is 19.7. The maximum atomic E-state index is 12.2. The molecule has 0 radical (unpaired) electrons. The van der Waals surface area contributed by atoms with Crippen molar-refractivity contribution < 1.29 is 9.59 Å². The van der Waals surface area contributed by atoms with Crippen LogP contribution in [0.4, 0.5) is 5.69 Å². The van der Waals surface area contributed by atoms with Gasteiger partial charge in [-0.1, -0.05) is 6.07 Å². The van der Waals surface area contributed by atoms with Gasteiger partial charge in [0.25, 0.3) is 5.91 Å². The van der Waals surface area contributed by atoms with Crippen LogP contribution in [0.15, 0.2) is 24.3 Å². The van der Waals surface area contributed by atoms with Gasteiger partial charge in [0.1, 0.15) is 0 Å². The molecule has 0 aromatic heterocycles. The van der Waals surface area contributed by atoms with Gasteiger partial charge in [-0.15, -0.1) is 0 Å². The monoisotopic (exact) mass is 287 g/mol. The SMILES string of the molecule is NC(CNC(=O)c1cccc(N2CCCC2=O)c1)C1CC1. The molecule has 112 valence electrons. The number of anilines is 1. The third-order valence-electron chi connectivity index (χ3n) is 4.22. The van der Waals surface area contributed by atoms with E-state index >= 15 is 0 Å². The second kappa shape index (κ2) is 5.85. The molecule has 1 aliphatic carbocycles. The second-order valence-corrected chi connectivity index (χ2v) is 5.91. The van der Waals surface area contributed by atoms with Gasteiger partial charge in [-0.2, -0.15) is 0 Å². The Morgan fingerprint density at radius 3 is 2.90 bits per heavy atom. The van der Waals surface area contributed by atoms with Crippen molar-refractivity contribution in [3.63, 3.8) is 0 Å². The summed E-state index contributed by atoms with van der Waals surface area (Å²) >= 11 is 0. The molecule has 3 rings (SSSR count). The number of carbonyl (C=O) groups is 2. The molecule has 21 heavy (non-hydrogen) atoms.